The van der Waals surface area contributed by atoms with Gasteiger partial charge in [0.15, 0.2) is 0 Å². The molecular formula is C22H27FN2O2. The van der Waals surface area contributed by atoms with E-state index in [4.69, 9.17) is 9.47 Å². The molecule has 0 spiro atoms. The van der Waals surface area contributed by atoms with E-state index in [1.54, 1.807) is 26.4 Å². The van der Waals surface area contributed by atoms with Crippen LogP contribution >= 0.6 is 0 Å². The van der Waals surface area contributed by atoms with Gasteiger partial charge < -0.3 is 14.8 Å². The van der Waals surface area contributed by atoms with Crippen LogP contribution in [0.25, 0.3) is 0 Å². The molecule has 0 amide bonds. The molecule has 2 aromatic carbocycles. The van der Waals surface area contributed by atoms with E-state index in [0.717, 1.165) is 31.1 Å². The molecule has 5 heteroatoms. The molecule has 4 rings (SSSR count). The predicted octanol–water partition coefficient (Wildman–Crippen LogP) is 3.56. The molecule has 27 heavy (non-hydrogen) atoms. The Balaban J connectivity index is 1.59. The Hall–Kier alpha value is -2.11. The van der Waals surface area contributed by atoms with Crippen LogP contribution in [0, 0.1) is 5.82 Å². The molecule has 1 N–H and O–H groups in total. The molecule has 2 fully saturated rings. The Labute approximate surface area is 160 Å². The van der Waals surface area contributed by atoms with Gasteiger partial charge in [-0.05, 0) is 43.1 Å². The number of methoxy groups -OCH3 is 2. The third kappa shape index (κ3) is 3.66. The molecule has 2 aromatic rings. The second-order valence-corrected chi connectivity index (χ2v) is 7.45. The maximum Gasteiger partial charge on any atom is 0.127 e. The van der Waals surface area contributed by atoms with Crippen molar-refractivity contribution in [2.45, 2.75) is 37.4 Å². The average Bonchev–Trinajstić information content (AvgIpc) is 3.14. The largest absolute Gasteiger partial charge is 0.497 e. The first kappa shape index (κ1) is 18.3. The van der Waals surface area contributed by atoms with E-state index in [2.05, 4.69) is 16.3 Å². The first-order valence-electron chi connectivity index (χ1n) is 9.63. The van der Waals surface area contributed by atoms with Crippen molar-refractivity contribution >= 4 is 0 Å². The number of fused-ring (bicyclic) bond motifs is 1. The van der Waals surface area contributed by atoms with E-state index in [1.807, 2.05) is 24.3 Å². The fraction of sp³-hybridized carbons (Fsp3) is 0.455. The number of halogens is 1. The zero-order valence-corrected chi connectivity index (χ0v) is 16.0. The first-order valence-corrected chi connectivity index (χ1v) is 9.63. The molecule has 2 saturated heterocycles. The molecule has 0 bridgehead atoms. The number of hydrogen-bond acceptors (Lipinski definition) is 4. The molecule has 0 aliphatic carbocycles. The fourth-order valence-electron chi connectivity index (χ4n) is 4.66. The summed E-state index contributed by atoms with van der Waals surface area (Å²) in [7, 11) is 3.37. The number of hydrogen-bond donors (Lipinski definition) is 1. The van der Waals surface area contributed by atoms with E-state index in [9.17, 15) is 4.39 Å². The maximum absolute atomic E-state index is 13.4. The molecule has 0 unspecified atom stereocenters. The van der Waals surface area contributed by atoms with E-state index >= 15 is 0 Å². The van der Waals surface area contributed by atoms with Crippen LogP contribution in [0.4, 0.5) is 4.39 Å². The fourth-order valence-corrected chi connectivity index (χ4v) is 4.66. The topological polar surface area (TPSA) is 33.7 Å². The van der Waals surface area contributed by atoms with Gasteiger partial charge in [-0.1, -0.05) is 18.2 Å². The average molecular weight is 370 g/mol. The van der Waals surface area contributed by atoms with Gasteiger partial charge in [-0.2, -0.15) is 0 Å². The molecular weight excluding hydrogens is 343 g/mol. The Morgan fingerprint density at radius 2 is 1.93 bits per heavy atom. The molecule has 4 nitrogen and oxygen atoms in total. The van der Waals surface area contributed by atoms with Crippen molar-refractivity contribution < 1.29 is 13.9 Å². The van der Waals surface area contributed by atoms with Gasteiger partial charge in [-0.25, -0.2) is 4.39 Å². The number of benzene rings is 2. The summed E-state index contributed by atoms with van der Waals surface area (Å²) in [6, 6.07) is 13.9. The summed E-state index contributed by atoms with van der Waals surface area (Å²) in [5.41, 5.74) is 2.38. The summed E-state index contributed by atoms with van der Waals surface area (Å²) in [5.74, 6) is 1.87. The highest BCUT2D eigenvalue weighted by Crippen LogP contribution is 2.37. The summed E-state index contributed by atoms with van der Waals surface area (Å²) in [5, 5.41) is 3.70. The standard InChI is InChI=1S/C22H27FN2O2/c1-26-18-10-7-16(21(12-18)27-2)14-25-11-3-4-20-22(25)19(13-24-20)15-5-8-17(23)9-6-15/h5-10,12,19-20,22,24H,3-4,11,13-14H2,1-2H3/t19-,20-,22-/m1/s1. The summed E-state index contributed by atoms with van der Waals surface area (Å²) in [4.78, 5) is 2.56. The Kier molecular flexibility index (Phi) is 5.32. The lowest BCUT2D eigenvalue weighted by molar-refractivity contribution is 0.119. The van der Waals surface area contributed by atoms with Gasteiger partial charge in [0, 0.05) is 42.7 Å². The summed E-state index contributed by atoms with van der Waals surface area (Å²) in [6.45, 7) is 2.85. The smallest absolute Gasteiger partial charge is 0.127 e. The lowest BCUT2D eigenvalue weighted by Gasteiger charge is -2.40. The van der Waals surface area contributed by atoms with Crippen LogP contribution < -0.4 is 14.8 Å². The Bertz CT molecular complexity index is 780. The second kappa shape index (κ2) is 7.87. The number of likely N-dealkylation sites (tertiary alicyclic amines) is 1. The second-order valence-electron chi connectivity index (χ2n) is 7.45. The van der Waals surface area contributed by atoms with Crippen molar-refractivity contribution in [1.82, 2.24) is 10.2 Å². The van der Waals surface area contributed by atoms with E-state index in [1.165, 1.54) is 24.0 Å². The van der Waals surface area contributed by atoms with Crippen LogP contribution in [-0.4, -0.2) is 44.3 Å². The van der Waals surface area contributed by atoms with Gasteiger partial charge in [0.05, 0.1) is 14.2 Å². The molecule has 0 radical (unpaired) electrons. The first-order chi connectivity index (χ1) is 13.2. The summed E-state index contributed by atoms with van der Waals surface area (Å²) in [6.07, 6.45) is 2.38. The quantitative estimate of drug-likeness (QED) is 0.873. The lowest BCUT2D eigenvalue weighted by Crippen LogP contribution is -2.49. The van der Waals surface area contributed by atoms with Crippen molar-refractivity contribution in [2.24, 2.45) is 0 Å². The molecule has 0 saturated carbocycles. The lowest BCUT2D eigenvalue weighted by atomic mass is 9.86. The van der Waals surface area contributed by atoms with Gasteiger partial charge in [-0.3, -0.25) is 4.90 Å². The molecule has 144 valence electrons. The third-order valence-corrected chi connectivity index (χ3v) is 5.97. The van der Waals surface area contributed by atoms with Crippen LogP contribution in [0.15, 0.2) is 42.5 Å². The van der Waals surface area contributed by atoms with Crippen molar-refractivity contribution in [3.63, 3.8) is 0 Å². The summed E-state index contributed by atoms with van der Waals surface area (Å²) >= 11 is 0. The van der Waals surface area contributed by atoms with E-state index < -0.39 is 0 Å². The van der Waals surface area contributed by atoms with Crippen LogP contribution in [-0.2, 0) is 6.54 Å². The zero-order valence-electron chi connectivity index (χ0n) is 16.0. The SMILES string of the molecule is COc1ccc(CN2CCC[C@H]3NC[C@H](c4ccc(F)cc4)[C@H]32)c(OC)c1. The normalized spacial score (nSPS) is 25.2. The minimum absolute atomic E-state index is 0.176. The van der Waals surface area contributed by atoms with Gasteiger partial charge in [0.25, 0.3) is 0 Å². The number of ether oxygens (including phenoxy) is 2. The van der Waals surface area contributed by atoms with Gasteiger partial charge in [-0.15, -0.1) is 0 Å². The van der Waals surface area contributed by atoms with Crippen molar-refractivity contribution in [3.05, 3.63) is 59.4 Å². The highest BCUT2D eigenvalue weighted by molar-refractivity contribution is 5.41. The van der Waals surface area contributed by atoms with Gasteiger partial charge in [0.2, 0.25) is 0 Å². The number of nitrogens with one attached hydrogen (secondary N) is 1. The minimum atomic E-state index is -0.176. The van der Waals surface area contributed by atoms with E-state index in [-0.39, 0.29) is 5.82 Å². The van der Waals surface area contributed by atoms with Crippen molar-refractivity contribution in [3.8, 4) is 11.5 Å². The van der Waals surface area contributed by atoms with Crippen LogP contribution in [0.3, 0.4) is 0 Å². The van der Waals surface area contributed by atoms with Crippen LogP contribution in [0.1, 0.15) is 29.9 Å². The molecule has 2 heterocycles. The van der Waals surface area contributed by atoms with Crippen molar-refractivity contribution in [2.75, 3.05) is 27.3 Å². The Morgan fingerprint density at radius 1 is 1.11 bits per heavy atom. The third-order valence-electron chi connectivity index (χ3n) is 5.97. The molecule has 2 aliphatic heterocycles. The Morgan fingerprint density at radius 3 is 2.67 bits per heavy atom. The number of rotatable bonds is 5. The van der Waals surface area contributed by atoms with Crippen molar-refractivity contribution in [1.29, 1.82) is 0 Å². The van der Waals surface area contributed by atoms with Gasteiger partial charge >= 0.3 is 0 Å². The number of piperidine rings is 1. The minimum Gasteiger partial charge on any atom is -0.497 e. The zero-order chi connectivity index (χ0) is 18.8. The molecule has 2 aliphatic rings. The monoisotopic (exact) mass is 370 g/mol. The highest BCUT2D eigenvalue weighted by atomic mass is 19.1. The maximum atomic E-state index is 13.4. The van der Waals surface area contributed by atoms with Crippen LogP contribution in [0.2, 0.25) is 0 Å². The molecule has 3 atom stereocenters. The highest BCUT2D eigenvalue weighted by Gasteiger charge is 2.42. The summed E-state index contributed by atoms with van der Waals surface area (Å²) < 4.78 is 24.3. The van der Waals surface area contributed by atoms with E-state index in [0.29, 0.717) is 18.0 Å². The predicted molar refractivity (Wildman–Crippen MR) is 104 cm³/mol. The molecule has 0 aromatic heterocycles. The number of nitrogens with zero attached hydrogens (tertiary/aromatic N) is 1. The van der Waals surface area contributed by atoms with Crippen LogP contribution in [0.5, 0.6) is 11.5 Å². The van der Waals surface area contributed by atoms with Gasteiger partial charge in [0.1, 0.15) is 17.3 Å².